The van der Waals surface area contributed by atoms with Crippen LogP contribution >= 0.6 is 11.3 Å². The molecule has 19 heavy (non-hydrogen) atoms. The summed E-state index contributed by atoms with van der Waals surface area (Å²) in [5, 5.41) is 5.85. The van der Waals surface area contributed by atoms with Crippen molar-refractivity contribution in [3.05, 3.63) is 57.3 Å². The minimum absolute atomic E-state index is 0.316. The number of nitrogens with one attached hydrogen (secondary N) is 1. The Bertz CT molecular complexity index is 510. The molecule has 1 unspecified atom stereocenters. The smallest absolute Gasteiger partial charge is 0.0584 e. The number of thiophene rings is 1. The topological polar surface area (TPSA) is 12.0 Å². The fourth-order valence-corrected chi connectivity index (χ4v) is 3.05. The van der Waals surface area contributed by atoms with E-state index in [4.69, 9.17) is 0 Å². The van der Waals surface area contributed by atoms with Gasteiger partial charge in [0.15, 0.2) is 0 Å². The highest BCUT2D eigenvalue weighted by atomic mass is 32.1. The summed E-state index contributed by atoms with van der Waals surface area (Å²) in [6.45, 7) is 9.78. The molecule has 0 radical (unpaired) electrons. The average Bonchev–Trinajstić information content (AvgIpc) is 2.82. The Morgan fingerprint density at radius 1 is 1.05 bits per heavy atom. The van der Waals surface area contributed by atoms with Gasteiger partial charge in [-0.2, -0.15) is 0 Å². The maximum atomic E-state index is 3.58. The van der Waals surface area contributed by atoms with Crippen LogP contribution in [-0.4, -0.2) is 6.54 Å². The van der Waals surface area contributed by atoms with E-state index in [-0.39, 0.29) is 0 Å². The number of aryl methyl sites for hydroxylation is 1. The summed E-state index contributed by atoms with van der Waals surface area (Å²) in [7, 11) is 0. The molecule has 2 heteroatoms. The predicted molar refractivity (Wildman–Crippen MR) is 85.1 cm³/mol. The van der Waals surface area contributed by atoms with Gasteiger partial charge in [0.1, 0.15) is 0 Å². The van der Waals surface area contributed by atoms with E-state index < -0.39 is 0 Å². The third-order valence-electron chi connectivity index (χ3n) is 3.43. The molecule has 2 rings (SSSR count). The fraction of sp³-hybridized carbons (Fsp3) is 0.412. The van der Waals surface area contributed by atoms with E-state index in [1.54, 1.807) is 0 Å². The van der Waals surface area contributed by atoms with Crippen LogP contribution in [0, 0.1) is 6.92 Å². The molecule has 1 nitrogen and oxygen atoms in total. The maximum absolute atomic E-state index is 3.58. The van der Waals surface area contributed by atoms with Crippen molar-refractivity contribution in [3.8, 4) is 0 Å². The van der Waals surface area contributed by atoms with Crippen molar-refractivity contribution in [2.24, 2.45) is 0 Å². The monoisotopic (exact) mass is 273 g/mol. The van der Waals surface area contributed by atoms with Gasteiger partial charge in [0.2, 0.25) is 0 Å². The Morgan fingerprint density at radius 2 is 1.68 bits per heavy atom. The molecule has 1 N–H and O–H groups in total. The van der Waals surface area contributed by atoms with Crippen molar-refractivity contribution in [2.75, 3.05) is 6.54 Å². The zero-order valence-electron chi connectivity index (χ0n) is 12.2. The largest absolute Gasteiger partial charge is 0.307 e. The van der Waals surface area contributed by atoms with Crippen LogP contribution < -0.4 is 5.32 Å². The first-order valence-corrected chi connectivity index (χ1v) is 7.88. The Kier molecular flexibility index (Phi) is 4.78. The molecule has 1 heterocycles. The van der Waals surface area contributed by atoms with E-state index in [9.17, 15) is 0 Å². The van der Waals surface area contributed by atoms with Crippen LogP contribution in [-0.2, 0) is 0 Å². The zero-order chi connectivity index (χ0) is 13.8. The molecule has 0 aliphatic carbocycles. The van der Waals surface area contributed by atoms with Crippen molar-refractivity contribution < 1.29 is 0 Å². The van der Waals surface area contributed by atoms with E-state index in [2.05, 4.69) is 68.7 Å². The van der Waals surface area contributed by atoms with Crippen LogP contribution in [0.25, 0.3) is 0 Å². The van der Waals surface area contributed by atoms with Gasteiger partial charge in [-0.1, -0.05) is 45.0 Å². The Morgan fingerprint density at radius 3 is 2.16 bits per heavy atom. The van der Waals surface area contributed by atoms with Gasteiger partial charge in [0.25, 0.3) is 0 Å². The molecule has 0 saturated carbocycles. The summed E-state index contributed by atoms with van der Waals surface area (Å²) in [4.78, 5) is 1.37. The molecule has 2 aromatic rings. The van der Waals surface area contributed by atoms with Crippen molar-refractivity contribution in [2.45, 2.75) is 39.7 Å². The van der Waals surface area contributed by atoms with Crippen LogP contribution in [0.2, 0.25) is 0 Å². The van der Waals surface area contributed by atoms with E-state index >= 15 is 0 Å². The SMILES string of the molecule is CCNC(c1ccc(C(C)C)cc1)c1csc(C)c1. The third kappa shape index (κ3) is 3.46. The molecule has 102 valence electrons. The van der Waals surface area contributed by atoms with Gasteiger partial charge in [0.05, 0.1) is 6.04 Å². The van der Waals surface area contributed by atoms with Gasteiger partial charge < -0.3 is 5.32 Å². The maximum Gasteiger partial charge on any atom is 0.0584 e. The molecule has 0 spiro atoms. The highest BCUT2D eigenvalue weighted by Crippen LogP contribution is 2.27. The summed E-state index contributed by atoms with van der Waals surface area (Å²) in [6.07, 6.45) is 0. The lowest BCUT2D eigenvalue weighted by Gasteiger charge is -2.18. The summed E-state index contributed by atoms with van der Waals surface area (Å²) in [5.41, 5.74) is 4.13. The second-order valence-corrected chi connectivity index (χ2v) is 6.42. The second kappa shape index (κ2) is 6.36. The first-order valence-electron chi connectivity index (χ1n) is 7.00. The number of rotatable bonds is 5. The number of hydrogen-bond donors (Lipinski definition) is 1. The molecule has 0 amide bonds. The lowest BCUT2D eigenvalue weighted by atomic mass is 9.96. The first kappa shape index (κ1) is 14.3. The van der Waals surface area contributed by atoms with Crippen LogP contribution in [0.15, 0.2) is 35.7 Å². The van der Waals surface area contributed by atoms with E-state index in [1.165, 1.54) is 21.6 Å². The molecule has 0 saturated heterocycles. The Balaban J connectivity index is 2.28. The minimum atomic E-state index is 0.316. The normalized spacial score (nSPS) is 12.9. The molecule has 0 aliphatic rings. The summed E-state index contributed by atoms with van der Waals surface area (Å²) < 4.78 is 0. The molecule has 0 bridgehead atoms. The number of hydrogen-bond acceptors (Lipinski definition) is 2. The van der Waals surface area contributed by atoms with Crippen LogP contribution in [0.3, 0.4) is 0 Å². The molecular formula is C17H23NS. The van der Waals surface area contributed by atoms with Gasteiger partial charge >= 0.3 is 0 Å². The highest BCUT2D eigenvalue weighted by Gasteiger charge is 2.14. The molecule has 0 aliphatic heterocycles. The molecule has 0 fully saturated rings. The standard InChI is InChI=1S/C17H23NS/c1-5-18-17(16-10-13(4)19-11-16)15-8-6-14(7-9-15)12(2)3/h6-12,17-18H,5H2,1-4H3. The van der Waals surface area contributed by atoms with Gasteiger partial charge in [-0.15, -0.1) is 11.3 Å². The first-order chi connectivity index (χ1) is 9.11. The molecule has 1 aromatic heterocycles. The fourth-order valence-electron chi connectivity index (χ4n) is 2.32. The molecular weight excluding hydrogens is 250 g/mol. The summed E-state index contributed by atoms with van der Waals surface area (Å²) in [6, 6.07) is 11.6. The van der Waals surface area contributed by atoms with Crippen molar-refractivity contribution in [1.82, 2.24) is 5.32 Å². The molecule has 1 atom stereocenters. The Labute approximate surface area is 120 Å². The van der Waals surface area contributed by atoms with Gasteiger partial charge in [0, 0.05) is 4.88 Å². The third-order valence-corrected chi connectivity index (χ3v) is 4.31. The van der Waals surface area contributed by atoms with Gasteiger partial charge in [-0.25, -0.2) is 0 Å². The van der Waals surface area contributed by atoms with Crippen molar-refractivity contribution >= 4 is 11.3 Å². The summed E-state index contributed by atoms with van der Waals surface area (Å²) in [5.74, 6) is 0.593. The van der Waals surface area contributed by atoms with Crippen LogP contribution in [0.4, 0.5) is 0 Å². The Hall–Kier alpha value is -1.12. The zero-order valence-corrected chi connectivity index (χ0v) is 13.1. The van der Waals surface area contributed by atoms with Gasteiger partial charge in [-0.05, 0) is 47.5 Å². The second-order valence-electron chi connectivity index (χ2n) is 5.30. The highest BCUT2D eigenvalue weighted by molar-refractivity contribution is 7.10. The predicted octanol–water partition coefficient (Wildman–Crippen LogP) is 4.88. The van der Waals surface area contributed by atoms with Crippen molar-refractivity contribution in [1.29, 1.82) is 0 Å². The quantitative estimate of drug-likeness (QED) is 0.818. The van der Waals surface area contributed by atoms with Crippen molar-refractivity contribution in [3.63, 3.8) is 0 Å². The number of benzene rings is 1. The van der Waals surface area contributed by atoms with E-state index in [0.29, 0.717) is 12.0 Å². The summed E-state index contributed by atoms with van der Waals surface area (Å²) >= 11 is 1.82. The van der Waals surface area contributed by atoms with Crippen LogP contribution in [0.1, 0.15) is 54.3 Å². The molecule has 1 aromatic carbocycles. The minimum Gasteiger partial charge on any atom is -0.307 e. The van der Waals surface area contributed by atoms with E-state index in [0.717, 1.165) is 6.54 Å². The lowest BCUT2D eigenvalue weighted by molar-refractivity contribution is 0.632. The van der Waals surface area contributed by atoms with Gasteiger partial charge in [-0.3, -0.25) is 0 Å². The van der Waals surface area contributed by atoms with Crippen LogP contribution in [0.5, 0.6) is 0 Å². The average molecular weight is 273 g/mol. The lowest BCUT2D eigenvalue weighted by Crippen LogP contribution is -2.21. The van der Waals surface area contributed by atoms with E-state index in [1.807, 2.05) is 11.3 Å².